The van der Waals surface area contributed by atoms with Gasteiger partial charge in [-0.25, -0.2) is 0 Å². The fraction of sp³-hybridized carbons (Fsp3) is 0.900. The second-order valence-electron chi connectivity index (χ2n) is 4.91. The lowest BCUT2D eigenvalue weighted by Gasteiger charge is -2.25. The molecule has 0 N–H and O–H groups in total. The molecule has 0 saturated carbocycles. The van der Waals surface area contributed by atoms with Gasteiger partial charge in [-0.15, -0.1) is 0 Å². The first-order valence-corrected chi connectivity index (χ1v) is 4.63. The number of rotatable bonds is 1. The predicted octanol–water partition coefficient (Wildman–Crippen LogP) is 1.88. The Kier molecular flexibility index (Phi) is 2.74. The van der Waals surface area contributed by atoms with Gasteiger partial charge in [0.25, 0.3) is 0 Å². The van der Waals surface area contributed by atoms with Crippen molar-refractivity contribution in [3.63, 3.8) is 0 Å². The van der Waals surface area contributed by atoms with E-state index >= 15 is 0 Å². The average molecular weight is 166 g/mol. The first kappa shape index (κ1) is 9.54. The Morgan fingerprint density at radius 2 is 2.17 bits per heavy atom. The number of nitriles is 1. The van der Waals surface area contributed by atoms with E-state index in [2.05, 4.69) is 31.7 Å². The lowest BCUT2D eigenvalue weighted by atomic mass is 9.96. The van der Waals surface area contributed by atoms with Crippen LogP contribution in [0.15, 0.2) is 0 Å². The summed E-state index contributed by atoms with van der Waals surface area (Å²) in [5.41, 5.74) is 0.365. The Labute approximate surface area is 75.2 Å². The molecule has 0 aromatic rings. The number of hydrogen-bond donors (Lipinski definition) is 0. The van der Waals surface area contributed by atoms with E-state index in [-0.39, 0.29) is 5.92 Å². The zero-order valence-electron chi connectivity index (χ0n) is 8.30. The third kappa shape index (κ3) is 2.83. The molecule has 2 nitrogen and oxygen atoms in total. The third-order valence-electron chi connectivity index (χ3n) is 2.15. The number of likely N-dealkylation sites (tertiary alicyclic amines) is 1. The van der Waals surface area contributed by atoms with Crippen LogP contribution in [0.25, 0.3) is 0 Å². The van der Waals surface area contributed by atoms with Gasteiger partial charge in [-0.3, -0.25) is 0 Å². The normalized spacial score (nSPS) is 25.7. The largest absolute Gasteiger partial charge is 0.301 e. The van der Waals surface area contributed by atoms with Gasteiger partial charge in [0, 0.05) is 13.1 Å². The molecule has 1 rings (SSSR count). The van der Waals surface area contributed by atoms with Gasteiger partial charge >= 0.3 is 0 Å². The first-order valence-electron chi connectivity index (χ1n) is 4.63. The van der Waals surface area contributed by atoms with Crippen molar-refractivity contribution in [1.29, 1.82) is 5.26 Å². The van der Waals surface area contributed by atoms with E-state index in [1.165, 1.54) is 0 Å². The molecule has 0 aliphatic carbocycles. The fourth-order valence-electron chi connectivity index (χ4n) is 1.75. The second kappa shape index (κ2) is 3.45. The van der Waals surface area contributed by atoms with Crippen LogP contribution >= 0.6 is 0 Å². The van der Waals surface area contributed by atoms with Gasteiger partial charge < -0.3 is 4.90 Å². The van der Waals surface area contributed by atoms with Crippen molar-refractivity contribution in [3.05, 3.63) is 0 Å². The van der Waals surface area contributed by atoms with Crippen LogP contribution in [0.2, 0.25) is 0 Å². The summed E-state index contributed by atoms with van der Waals surface area (Å²) in [5, 5.41) is 8.71. The molecule has 2 heteroatoms. The van der Waals surface area contributed by atoms with Crippen molar-refractivity contribution in [3.8, 4) is 6.07 Å². The molecule has 1 heterocycles. The highest BCUT2D eigenvalue weighted by Gasteiger charge is 2.25. The molecular weight excluding hydrogens is 148 g/mol. The molecule has 0 radical (unpaired) electrons. The maximum atomic E-state index is 8.71. The zero-order chi connectivity index (χ0) is 9.19. The van der Waals surface area contributed by atoms with E-state index in [0.717, 1.165) is 26.1 Å². The summed E-state index contributed by atoms with van der Waals surface area (Å²) in [7, 11) is 0. The molecule has 68 valence electrons. The monoisotopic (exact) mass is 166 g/mol. The van der Waals surface area contributed by atoms with E-state index in [0.29, 0.717) is 5.41 Å². The van der Waals surface area contributed by atoms with E-state index < -0.39 is 0 Å². The minimum atomic E-state index is 0.285. The topological polar surface area (TPSA) is 27.0 Å². The van der Waals surface area contributed by atoms with E-state index in [9.17, 15) is 0 Å². The summed E-state index contributed by atoms with van der Waals surface area (Å²) in [6.45, 7) is 9.93. The molecule has 1 fully saturated rings. The van der Waals surface area contributed by atoms with E-state index in [1.54, 1.807) is 0 Å². The molecule has 1 saturated heterocycles. The molecule has 0 unspecified atom stereocenters. The van der Waals surface area contributed by atoms with Crippen LogP contribution in [-0.4, -0.2) is 24.5 Å². The fourth-order valence-corrected chi connectivity index (χ4v) is 1.75. The van der Waals surface area contributed by atoms with Crippen LogP contribution in [0.3, 0.4) is 0 Å². The van der Waals surface area contributed by atoms with Gasteiger partial charge in [-0.05, 0) is 18.4 Å². The van der Waals surface area contributed by atoms with Crippen molar-refractivity contribution < 1.29 is 0 Å². The SMILES string of the molecule is CC(C)(C)CN1CC[C@H](C#N)C1. The Balaban J connectivity index is 2.34. The van der Waals surface area contributed by atoms with Crippen LogP contribution in [0, 0.1) is 22.7 Å². The van der Waals surface area contributed by atoms with Crippen molar-refractivity contribution in [2.75, 3.05) is 19.6 Å². The van der Waals surface area contributed by atoms with Crippen LogP contribution in [0.1, 0.15) is 27.2 Å². The van der Waals surface area contributed by atoms with Crippen LogP contribution < -0.4 is 0 Å². The molecule has 0 aromatic carbocycles. The molecule has 0 aromatic heterocycles. The molecule has 0 bridgehead atoms. The standard InChI is InChI=1S/C10H18N2/c1-10(2,3)8-12-5-4-9(6-11)7-12/h9H,4-5,7-8H2,1-3H3/t9-/m1/s1. The number of nitrogens with zero attached hydrogens (tertiary/aromatic N) is 2. The van der Waals surface area contributed by atoms with E-state index in [1.807, 2.05) is 0 Å². The Morgan fingerprint density at radius 3 is 2.58 bits per heavy atom. The second-order valence-corrected chi connectivity index (χ2v) is 4.91. The van der Waals surface area contributed by atoms with Crippen molar-refractivity contribution in [2.24, 2.45) is 11.3 Å². The maximum absolute atomic E-state index is 8.71. The predicted molar refractivity (Wildman–Crippen MR) is 49.6 cm³/mol. The van der Waals surface area contributed by atoms with Crippen molar-refractivity contribution in [1.82, 2.24) is 4.90 Å². The van der Waals surface area contributed by atoms with Gasteiger partial charge in [0.05, 0.1) is 12.0 Å². The van der Waals surface area contributed by atoms with E-state index in [4.69, 9.17) is 5.26 Å². The van der Waals surface area contributed by atoms with Gasteiger partial charge in [0.2, 0.25) is 0 Å². The zero-order valence-corrected chi connectivity index (χ0v) is 8.30. The van der Waals surface area contributed by atoms with Gasteiger partial charge in [0.15, 0.2) is 0 Å². The van der Waals surface area contributed by atoms with Crippen molar-refractivity contribution >= 4 is 0 Å². The van der Waals surface area contributed by atoms with Crippen LogP contribution in [0.5, 0.6) is 0 Å². The lowest BCUT2D eigenvalue weighted by Crippen LogP contribution is -2.30. The molecule has 1 aliphatic heterocycles. The summed E-state index contributed by atoms with van der Waals surface area (Å²) in [6.07, 6.45) is 1.06. The maximum Gasteiger partial charge on any atom is 0.0669 e. The minimum absolute atomic E-state index is 0.285. The lowest BCUT2D eigenvalue weighted by molar-refractivity contribution is 0.224. The average Bonchev–Trinajstić information content (AvgIpc) is 2.32. The molecule has 0 spiro atoms. The summed E-state index contributed by atoms with van der Waals surface area (Å²) in [5.74, 6) is 0.285. The molecule has 0 amide bonds. The Morgan fingerprint density at radius 1 is 1.50 bits per heavy atom. The Hall–Kier alpha value is -0.550. The summed E-state index contributed by atoms with van der Waals surface area (Å²) >= 11 is 0. The Bertz CT molecular complexity index is 185. The van der Waals surface area contributed by atoms with Gasteiger partial charge in [0.1, 0.15) is 0 Å². The highest BCUT2D eigenvalue weighted by atomic mass is 15.1. The number of hydrogen-bond acceptors (Lipinski definition) is 2. The molecular formula is C10H18N2. The first-order chi connectivity index (χ1) is 5.51. The van der Waals surface area contributed by atoms with Crippen LogP contribution in [0.4, 0.5) is 0 Å². The molecule has 12 heavy (non-hydrogen) atoms. The van der Waals surface area contributed by atoms with Crippen LogP contribution in [-0.2, 0) is 0 Å². The summed E-state index contributed by atoms with van der Waals surface area (Å²) in [4.78, 5) is 2.40. The molecule has 1 atom stereocenters. The molecule has 1 aliphatic rings. The minimum Gasteiger partial charge on any atom is -0.301 e. The highest BCUT2D eigenvalue weighted by molar-refractivity contribution is 4.91. The summed E-state index contributed by atoms with van der Waals surface area (Å²) in [6, 6.07) is 2.34. The van der Waals surface area contributed by atoms with Gasteiger partial charge in [-0.2, -0.15) is 5.26 Å². The van der Waals surface area contributed by atoms with Gasteiger partial charge in [-0.1, -0.05) is 20.8 Å². The highest BCUT2D eigenvalue weighted by Crippen LogP contribution is 2.21. The van der Waals surface area contributed by atoms with Crippen molar-refractivity contribution in [2.45, 2.75) is 27.2 Å². The quantitative estimate of drug-likeness (QED) is 0.594. The smallest absolute Gasteiger partial charge is 0.0669 e. The third-order valence-corrected chi connectivity index (χ3v) is 2.15. The summed E-state index contributed by atoms with van der Waals surface area (Å²) < 4.78 is 0.